The number of amides is 1. The van der Waals surface area contributed by atoms with Crippen LogP contribution in [0.25, 0.3) is 0 Å². The molecule has 0 bridgehead atoms. The maximum Gasteiger partial charge on any atom is 0.343 e. The first-order valence-corrected chi connectivity index (χ1v) is 11.1. The van der Waals surface area contributed by atoms with Crippen LogP contribution in [0.4, 0.5) is 0 Å². The van der Waals surface area contributed by atoms with Crippen molar-refractivity contribution in [3.05, 3.63) is 101 Å². The number of carbonyl (C=O) groups excluding carboxylic acids is 2. The van der Waals surface area contributed by atoms with E-state index >= 15 is 0 Å². The lowest BCUT2D eigenvalue weighted by Crippen LogP contribution is -2.30. The van der Waals surface area contributed by atoms with E-state index in [9.17, 15) is 9.59 Å². The predicted molar refractivity (Wildman–Crippen MR) is 130 cm³/mol. The zero-order valence-corrected chi connectivity index (χ0v) is 19.1. The van der Waals surface area contributed by atoms with Gasteiger partial charge in [0.15, 0.2) is 6.61 Å². The van der Waals surface area contributed by atoms with Gasteiger partial charge < -0.3 is 9.47 Å². The summed E-state index contributed by atoms with van der Waals surface area (Å²) in [6, 6.07) is 23.2. The Kier molecular flexibility index (Phi) is 7.67. The zero-order valence-electron chi connectivity index (χ0n) is 19.1. The number of nitrogens with zero attached hydrogens (tertiary/aromatic N) is 2. The Labute approximate surface area is 199 Å². The average Bonchev–Trinajstić information content (AvgIpc) is 2.88. The van der Waals surface area contributed by atoms with Gasteiger partial charge in [0.2, 0.25) is 0 Å². The molecule has 3 aromatic rings. The fraction of sp³-hybridized carbons (Fsp3) is 0.222. The van der Waals surface area contributed by atoms with Gasteiger partial charge in [0, 0.05) is 25.2 Å². The van der Waals surface area contributed by atoms with Gasteiger partial charge in [-0.2, -0.15) is 5.10 Å². The molecule has 1 amide bonds. The normalized spacial score (nSPS) is 13.3. The minimum absolute atomic E-state index is 0.172. The molecule has 1 aliphatic rings. The number of hydrogen-bond donors (Lipinski definition) is 1. The summed E-state index contributed by atoms with van der Waals surface area (Å²) in [5.41, 5.74) is 7.81. The quantitative estimate of drug-likeness (QED) is 0.318. The Bertz CT molecular complexity index is 1170. The number of rotatable bonds is 8. The summed E-state index contributed by atoms with van der Waals surface area (Å²) in [6.45, 7) is 2.66. The Morgan fingerprint density at radius 1 is 1.03 bits per heavy atom. The molecule has 1 aliphatic heterocycles. The molecule has 0 atom stereocenters. The van der Waals surface area contributed by atoms with E-state index < -0.39 is 5.97 Å². The summed E-state index contributed by atoms with van der Waals surface area (Å²) in [7, 11) is 1.30. The highest BCUT2D eigenvalue weighted by atomic mass is 16.6. The first-order valence-electron chi connectivity index (χ1n) is 11.1. The van der Waals surface area contributed by atoms with Crippen LogP contribution in [0.15, 0.2) is 77.9 Å². The van der Waals surface area contributed by atoms with Gasteiger partial charge in [-0.15, -0.1) is 0 Å². The molecule has 0 aliphatic carbocycles. The van der Waals surface area contributed by atoms with Gasteiger partial charge in [0.05, 0.1) is 13.3 Å². The molecule has 7 heteroatoms. The minimum atomic E-state index is -0.460. The molecule has 0 spiro atoms. The first kappa shape index (κ1) is 23.2. The van der Waals surface area contributed by atoms with E-state index in [2.05, 4.69) is 44.4 Å². The van der Waals surface area contributed by atoms with Gasteiger partial charge in [-0.05, 0) is 52.9 Å². The largest absolute Gasteiger partial charge is 0.482 e. The van der Waals surface area contributed by atoms with Crippen molar-refractivity contribution >= 4 is 18.1 Å². The molecule has 0 fully saturated rings. The smallest absolute Gasteiger partial charge is 0.343 e. The molecular formula is C27H27N3O4. The van der Waals surface area contributed by atoms with E-state index in [1.165, 1.54) is 30.0 Å². The van der Waals surface area contributed by atoms with Crippen LogP contribution in [-0.2, 0) is 29.0 Å². The summed E-state index contributed by atoms with van der Waals surface area (Å²) < 4.78 is 9.91. The van der Waals surface area contributed by atoms with Crippen LogP contribution in [0, 0.1) is 0 Å². The molecule has 3 aromatic carbocycles. The second kappa shape index (κ2) is 11.2. The Hall–Kier alpha value is -3.97. The third-order valence-corrected chi connectivity index (χ3v) is 5.65. The molecule has 0 aromatic heterocycles. The van der Waals surface area contributed by atoms with Crippen molar-refractivity contribution in [2.75, 3.05) is 20.3 Å². The topological polar surface area (TPSA) is 80.2 Å². The van der Waals surface area contributed by atoms with Crippen LogP contribution in [0.2, 0.25) is 0 Å². The number of methoxy groups -OCH3 is 1. The third-order valence-electron chi connectivity index (χ3n) is 5.65. The molecule has 0 radical (unpaired) electrons. The van der Waals surface area contributed by atoms with Gasteiger partial charge in [-0.1, -0.05) is 48.5 Å². The number of nitrogens with one attached hydrogen (secondary N) is 1. The molecule has 4 rings (SSSR count). The van der Waals surface area contributed by atoms with Gasteiger partial charge in [0.1, 0.15) is 5.75 Å². The number of hydrogen-bond acceptors (Lipinski definition) is 6. The van der Waals surface area contributed by atoms with E-state index in [0.29, 0.717) is 11.3 Å². The van der Waals surface area contributed by atoms with E-state index in [4.69, 9.17) is 4.74 Å². The van der Waals surface area contributed by atoms with Crippen LogP contribution < -0.4 is 10.2 Å². The van der Waals surface area contributed by atoms with Crippen molar-refractivity contribution in [3.8, 4) is 5.75 Å². The van der Waals surface area contributed by atoms with Crippen molar-refractivity contribution in [2.24, 2.45) is 5.10 Å². The number of fused-ring (bicyclic) bond motifs is 1. The van der Waals surface area contributed by atoms with Gasteiger partial charge in [0.25, 0.3) is 5.91 Å². The Balaban J connectivity index is 1.28. The van der Waals surface area contributed by atoms with Gasteiger partial charge in [-0.3, -0.25) is 9.69 Å². The van der Waals surface area contributed by atoms with E-state index in [1.807, 2.05) is 30.3 Å². The van der Waals surface area contributed by atoms with Crippen molar-refractivity contribution in [2.45, 2.75) is 19.5 Å². The highest BCUT2D eigenvalue weighted by Gasteiger charge is 2.16. The van der Waals surface area contributed by atoms with Crippen LogP contribution >= 0.6 is 0 Å². The zero-order chi connectivity index (χ0) is 23.8. The van der Waals surface area contributed by atoms with Crippen molar-refractivity contribution < 1.29 is 19.1 Å². The van der Waals surface area contributed by atoms with Crippen LogP contribution in [0.1, 0.15) is 32.6 Å². The summed E-state index contributed by atoms with van der Waals surface area (Å²) in [6.07, 6.45) is 2.58. The molecule has 7 nitrogen and oxygen atoms in total. The summed E-state index contributed by atoms with van der Waals surface area (Å²) in [4.78, 5) is 26.1. The van der Waals surface area contributed by atoms with E-state index in [0.717, 1.165) is 31.6 Å². The number of ether oxygens (including phenoxy) is 2. The van der Waals surface area contributed by atoms with Gasteiger partial charge >= 0.3 is 5.97 Å². The number of esters is 1. The third kappa shape index (κ3) is 6.30. The SMILES string of the molecule is COC(=O)COc1cccc(/C=N\NC(=O)c2ccc(CN3CCc4ccccc4C3)cc2)c1. The monoisotopic (exact) mass is 457 g/mol. The molecule has 1 heterocycles. The highest BCUT2D eigenvalue weighted by Crippen LogP contribution is 2.20. The lowest BCUT2D eigenvalue weighted by atomic mass is 9.99. The number of hydrazone groups is 1. The van der Waals surface area contributed by atoms with Crippen molar-refractivity contribution in [1.82, 2.24) is 10.3 Å². The van der Waals surface area contributed by atoms with Crippen molar-refractivity contribution in [3.63, 3.8) is 0 Å². The fourth-order valence-electron chi connectivity index (χ4n) is 3.82. The molecule has 34 heavy (non-hydrogen) atoms. The van der Waals surface area contributed by atoms with Crippen molar-refractivity contribution in [1.29, 1.82) is 0 Å². The molecular weight excluding hydrogens is 430 g/mol. The summed E-state index contributed by atoms with van der Waals surface area (Å²) in [5.74, 6) is -0.236. The summed E-state index contributed by atoms with van der Waals surface area (Å²) >= 11 is 0. The second-order valence-corrected chi connectivity index (χ2v) is 8.06. The second-order valence-electron chi connectivity index (χ2n) is 8.06. The fourth-order valence-corrected chi connectivity index (χ4v) is 3.82. The molecule has 0 unspecified atom stereocenters. The maximum absolute atomic E-state index is 12.4. The standard InChI is InChI=1S/C27H27N3O4/c1-33-26(31)19-34-25-8-4-5-21(15-25)16-28-29-27(32)23-11-9-20(10-12-23)17-30-14-13-22-6-2-3-7-24(22)18-30/h2-12,15-16H,13-14,17-19H2,1H3,(H,29,32)/b28-16-. The van der Waals surface area contributed by atoms with Crippen LogP contribution in [0.3, 0.4) is 0 Å². The Morgan fingerprint density at radius 3 is 2.62 bits per heavy atom. The lowest BCUT2D eigenvalue weighted by molar-refractivity contribution is -0.142. The van der Waals surface area contributed by atoms with Gasteiger partial charge in [-0.25, -0.2) is 10.2 Å². The first-order chi connectivity index (χ1) is 16.6. The van der Waals surface area contributed by atoms with E-state index in [-0.39, 0.29) is 12.5 Å². The predicted octanol–water partition coefficient (Wildman–Crippen LogP) is 3.56. The molecule has 0 saturated carbocycles. The van der Waals surface area contributed by atoms with E-state index in [1.54, 1.807) is 18.2 Å². The van der Waals surface area contributed by atoms with Crippen LogP contribution in [-0.4, -0.2) is 43.3 Å². The average molecular weight is 458 g/mol. The molecule has 1 N–H and O–H groups in total. The minimum Gasteiger partial charge on any atom is -0.482 e. The lowest BCUT2D eigenvalue weighted by Gasteiger charge is -2.28. The maximum atomic E-state index is 12.4. The Morgan fingerprint density at radius 2 is 1.82 bits per heavy atom. The number of carbonyl (C=O) groups is 2. The highest BCUT2D eigenvalue weighted by molar-refractivity contribution is 5.94. The number of benzene rings is 3. The molecule has 174 valence electrons. The summed E-state index contributed by atoms with van der Waals surface area (Å²) in [5, 5.41) is 4.03. The molecule has 0 saturated heterocycles. The van der Waals surface area contributed by atoms with Crippen LogP contribution in [0.5, 0.6) is 5.75 Å².